The highest BCUT2D eigenvalue weighted by Crippen LogP contribution is 2.20. The number of rotatable bonds is 6. The topological polar surface area (TPSA) is 93.2 Å². The fourth-order valence-corrected chi connectivity index (χ4v) is 4.16. The molecule has 0 bridgehead atoms. The molecular weight excluding hydrogens is 348 g/mol. The van der Waals surface area contributed by atoms with E-state index < -0.39 is 15.9 Å². The second kappa shape index (κ2) is 7.23. The number of sulfonamides is 1. The predicted octanol–water partition coefficient (Wildman–Crippen LogP) is 2.73. The number of nitrogens with zero attached hydrogens (tertiary/aromatic N) is 1. The molecule has 1 aromatic heterocycles. The van der Waals surface area contributed by atoms with Crippen molar-refractivity contribution in [2.24, 2.45) is 0 Å². The fraction of sp³-hybridized carbons (Fsp3) is 0.312. The summed E-state index contributed by atoms with van der Waals surface area (Å²) < 4.78 is 26.7. The maximum Gasteiger partial charge on any atom is 0.276 e. The van der Waals surface area contributed by atoms with Gasteiger partial charge in [0.15, 0.2) is 5.78 Å². The Morgan fingerprint density at radius 2 is 1.83 bits per heavy atom. The molecule has 128 valence electrons. The van der Waals surface area contributed by atoms with Crippen molar-refractivity contribution in [1.29, 1.82) is 0 Å². The van der Waals surface area contributed by atoms with Crippen LogP contribution in [-0.2, 0) is 16.4 Å². The molecule has 8 heteroatoms. The number of Topliss-reactive ketones (excluding diaryl/α,β-unsaturated/α-hetero) is 1. The van der Waals surface area contributed by atoms with Gasteiger partial charge in [0.2, 0.25) is 0 Å². The summed E-state index contributed by atoms with van der Waals surface area (Å²) in [6.07, 6.45) is 1.65. The van der Waals surface area contributed by atoms with Crippen LogP contribution in [0.1, 0.15) is 51.0 Å². The van der Waals surface area contributed by atoms with Gasteiger partial charge in [-0.15, -0.1) is 11.3 Å². The molecular formula is C16H18N2O4S2. The van der Waals surface area contributed by atoms with Crippen LogP contribution in [0.5, 0.6) is 0 Å². The van der Waals surface area contributed by atoms with Crippen molar-refractivity contribution in [3.05, 3.63) is 45.4 Å². The standard InChI is InChI=1S/C16H18N2O4S2/c1-4-5-14-17-10(2)15(23-14)16(20)18-24(21,22)13-8-6-12(7-9-13)11(3)19/h6-9H,4-5H2,1-3H3,(H,18,20). The Bertz CT molecular complexity index is 868. The number of carbonyl (C=O) groups excluding carboxylic acids is 2. The van der Waals surface area contributed by atoms with Gasteiger partial charge in [0.05, 0.1) is 15.6 Å². The first-order chi connectivity index (χ1) is 11.2. The average Bonchev–Trinajstić information content (AvgIpc) is 2.88. The Morgan fingerprint density at radius 3 is 2.38 bits per heavy atom. The summed E-state index contributed by atoms with van der Waals surface area (Å²) >= 11 is 1.20. The highest BCUT2D eigenvalue weighted by atomic mass is 32.2. The van der Waals surface area contributed by atoms with Gasteiger partial charge in [0.1, 0.15) is 4.88 Å². The Kier molecular flexibility index (Phi) is 5.51. The molecule has 2 rings (SSSR count). The molecule has 24 heavy (non-hydrogen) atoms. The summed E-state index contributed by atoms with van der Waals surface area (Å²) in [5.41, 5.74) is 0.922. The molecule has 0 saturated carbocycles. The number of amides is 1. The average molecular weight is 366 g/mol. The van der Waals surface area contributed by atoms with Crippen molar-refractivity contribution in [2.75, 3.05) is 0 Å². The number of carbonyl (C=O) groups is 2. The van der Waals surface area contributed by atoms with Crippen LogP contribution in [0.25, 0.3) is 0 Å². The van der Waals surface area contributed by atoms with Crippen molar-refractivity contribution < 1.29 is 18.0 Å². The van der Waals surface area contributed by atoms with Crippen LogP contribution < -0.4 is 4.72 Å². The van der Waals surface area contributed by atoms with Gasteiger partial charge in [0.25, 0.3) is 15.9 Å². The summed E-state index contributed by atoms with van der Waals surface area (Å²) in [6.45, 7) is 5.08. The van der Waals surface area contributed by atoms with E-state index in [-0.39, 0.29) is 10.7 Å². The molecule has 0 radical (unpaired) electrons. The van der Waals surface area contributed by atoms with Gasteiger partial charge in [-0.2, -0.15) is 0 Å². The Labute approximate surface area is 145 Å². The van der Waals surface area contributed by atoms with Crippen molar-refractivity contribution in [2.45, 2.75) is 38.5 Å². The smallest absolute Gasteiger partial charge is 0.276 e. The number of hydrogen-bond acceptors (Lipinski definition) is 6. The van der Waals surface area contributed by atoms with E-state index in [4.69, 9.17) is 0 Å². The van der Waals surface area contributed by atoms with E-state index in [1.54, 1.807) is 6.92 Å². The number of hydrogen-bond donors (Lipinski definition) is 1. The van der Waals surface area contributed by atoms with Gasteiger partial charge >= 0.3 is 0 Å². The van der Waals surface area contributed by atoms with Gasteiger partial charge in [-0.3, -0.25) is 9.59 Å². The molecule has 1 heterocycles. The van der Waals surface area contributed by atoms with E-state index in [0.29, 0.717) is 16.1 Å². The van der Waals surface area contributed by atoms with E-state index >= 15 is 0 Å². The lowest BCUT2D eigenvalue weighted by Crippen LogP contribution is -2.30. The summed E-state index contributed by atoms with van der Waals surface area (Å²) in [7, 11) is -4.00. The van der Waals surface area contributed by atoms with Crippen LogP contribution in [0.3, 0.4) is 0 Å². The largest absolute Gasteiger partial charge is 0.295 e. The van der Waals surface area contributed by atoms with Crippen molar-refractivity contribution >= 4 is 33.1 Å². The van der Waals surface area contributed by atoms with Gasteiger partial charge in [-0.25, -0.2) is 18.1 Å². The molecule has 0 atom stereocenters. The van der Waals surface area contributed by atoms with Crippen LogP contribution in [0, 0.1) is 6.92 Å². The summed E-state index contributed by atoms with van der Waals surface area (Å²) in [5, 5.41) is 0.809. The summed E-state index contributed by atoms with van der Waals surface area (Å²) in [6, 6.07) is 5.43. The van der Waals surface area contributed by atoms with Crippen LogP contribution in [0.4, 0.5) is 0 Å². The Morgan fingerprint density at radius 1 is 1.21 bits per heavy atom. The Balaban J connectivity index is 2.22. The van der Waals surface area contributed by atoms with Crippen molar-refractivity contribution in [1.82, 2.24) is 9.71 Å². The van der Waals surface area contributed by atoms with E-state index in [1.165, 1.54) is 42.5 Å². The molecule has 0 fully saturated rings. The van der Waals surface area contributed by atoms with Gasteiger partial charge in [0, 0.05) is 5.56 Å². The number of aryl methyl sites for hydroxylation is 2. The minimum Gasteiger partial charge on any atom is -0.295 e. The lowest BCUT2D eigenvalue weighted by Gasteiger charge is -2.06. The molecule has 1 aromatic carbocycles. The molecule has 1 N–H and O–H groups in total. The minimum absolute atomic E-state index is 0.0724. The zero-order chi connectivity index (χ0) is 17.9. The zero-order valence-electron chi connectivity index (χ0n) is 13.6. The van der Waals surface area contributed by atoms with E-state index in [0.717, 1.165) is 17.8 Å². The number of thiazole rings is 1. The lowest BCUT2D eigenvalue weighted by molar-refractivity contribution is 0.0982. The number of benzene rings is 1. The Hall–Kier alpha value is -2.06. The van der Waals surface area contributed by atoms with Gasteiger partial charge in [-0.05, 0) is 38.8 Å². The van der Waals surface area contributed by atoms with Crippen LogP contribution in [0.15, 0.2) is 29.2 Å². The molecule has 0 aliphatic heterocycles. The molecule has 0 unspecified atom stereocenters. The SMILES string of the molecule is CCCc1nc(C)c(C(=O)NS(=O)(=O)c2ccc(C(C)=O)cc2)s1. The monoisotopic (exact) mass is 366 g/mol. The third kappa shape index (κ3) is 4.07. The third-order valence-electron chi connectivity index (χ3n) is 3.31. The molecule has 1 amide bonds. The molecule has 0 spiro atoms. The maximum atomic E-state index is 12.3. The zero-order valence-corrected chi connectivity index (χ0v) is 15.3. The van der Waals surface area contributed by atoms with Crippen LogP contribution in [-0.4, -0.2) is 25.1 Å². The highest BCUT2D eigenvalue weighted by Gasteiger charge is 2.22. The van der Waals surface area contributed by atoms with Gasteiger partial charge in [-0.1, -0.05) is 19.1 Å². The quantitative estimate of drug-likeness (QED) is 0.794. The third-order valence-corrected chi connectivity index (χ3v) is 5.87. The van der Waals surface area contributed by atoms with Crippen LogP contribution >= 0.6 is 11.3 Å². The minimum atomic E-state index is -4.00. The van der Waals surface area contributed by atoms with E-state index in [9.17, 15) is 18.0 Å². The second-order valence-corrected chi connectivity index (χ2v) is 8.05. The molecule has 0 aliphatic rings. The van der Waals surface area contributed by atoms with E-state index in [2.05, 4.69) is 9.71 Å². The van der Waals surface area contributed by atoms with Crippen LogP contribution in [0.2, 0.25) is 0 Å². The fourth-order valence-electron chi connectivity index (χ4n) is 2.08. The first-order valence-corrected chi connectivity index (χ1v) is 9.69. The normalized spacial score (nSPS) is 11.3. The number of aromatic nitrogens is 1. The first kappa shape index (κ1) is 18.3. The van der Waals surface area contributed by atoms with E-state index in [1.807, 2.05) is 6.92 Å². The molecule has 0 aliphatic carbocycles. The summed E-state index contributed by atoms with van der Waals surface area (Å²) in [5.74, 6) is -0.852. The number of nitrogens with one attached hydrogen (secondary N) is 1. The van der Waals surface area contributed by atoms with Gasteiger partial charge < -0.3 is 0 Å². The lowest BCUT2D eigenvalue weighted by atomic mass is 10.2. The molecule has 2 aromatic rings. The maximum absolute atomic E-state index is 12.3. The van der Waals surface area contributed by atoms with Crippen molar-refractivity contribution in [3.8, 4) is 0 Å². The predicted molar refractivity (Wildman–Crippen MR) is 91.9 cm³/mol. The van der Waals surface area contributed by atoms with Crippen molar-refractivity contribution in [3.63, 3.8) is 0 Å². The number of ketones is 1. The highest BCUT2D eigenvalue weighted by molar-refractivity contribution is 7.90. The molecule has 0 saturated heterocycles. The second-order valence-electron chi connectivity index (χ2n) is 5.29. The summed E-state index contributed by atoms with van der Waals surface area (Å²) in [4.78, 5) is 28.0. The first-order valence-electron chi connectivity index (χ1n) is 7.39. The molecule has 6 nitrogen and oxygen atoms in total.